The molecule has 6 rings (SSSR count). The van der Waals surface area contributed by atoms with E-state index in [1.54, 1.807) is 11.3 Å². The van der Waals surface area contributed by atoms with Gasteiger partial charge in [-0.25, -0.2) is 0 Å². The number of anilines is 1. The molecule has 1 amide bonds. The van der Waals surface area contributed by atoms with Crippen molar-refractivity contribution in [1.82, 2.24) is 9.47 Å². The maximum Gasteiger partial charge on any atom is 0.272 e. The van der Waals surface area contributed by atoms with Crippen LogP contribution in [0.1, 0.15) is 28.0 Å². The third kappa shape index (κ3) is 4.28. The molecule has 2 aromatic heterocycles. The number of ether oxygens (including phenoxy) is 1. The smallest absolute Gasteiger partial charge is 0.272 e. The molecule has 168 valence electrons. The molecule has 0 aliphatic carbocycles. The van der Waals surface area contributed by atoms with E-state index in [0.29, 0.717) is 12.3 Å². The zero-order valence-electron chi connectivity index (χ0n) is 18.7. The van der Waals surface area contributed by atoms with Gasteiger partial charge in [0.2, 0.25) is 0 Å². The van der Waals surface area contributed by atoms with E-state index in [9.17, 15) is 4.79 Å². The Bertz CT molecular complexity index is 1300. The standard InChI is InChI=1S/C27H27N3O2S/c1-29-24-9-10-33-26(24)14-25(29)27(31)28-21-4-2-3-19(12-21)17-32-23-7-5-18(6-8-23)11-20-13-22-16-30(22)15-20/h2-10,12,14,20,22H,11,13,15-17H2,1H3,(H,28,31). The summed E-state index contributed by atoms with van der Waals surface area (Å²) in [6.07, 6.45) is 2.52. The van der Waals surface area contributed by atoms with Crippen LogP contribution in [0, 0.1) is 5.92 Å². The minimum absolute atomic E-state index is 0.106. The highest BCUT2D eigenvalue weighted by molar-refractivity contribution is 7.17. The molecule has 3 unspecified atom stereocenters. The number of piperidine rings is 1. The summed E-state index contributed by atoms with van der Waals surface area (Å²) in [4.78, 5) is 15.4. The molecule has 2 aliphatic rings. The monoisotopic (exact) mass is 457 g/mol. The van der Waals surface area contributed by atoms with Crippen LogP contribution in [-0.2, 0) is 20.1 Å². The highest BCUT2D eigenvalue weighted by Gasteiger charge is 2.43. The quantitative estimate of drug-likeness (QED) is 0.382. The third-order valence-electron chi connectivity index (χ3n) is 6.86. The summed E-state index contributed by atoms with van der Waals surface area (Å²) in [5, 5.41) is 5.06. The maximum absolute atomic E-state index is 12.8. The molecule has 2 aliphatic heterocycles. The normalized spacial score (nSPS) is 21.2. The lowest BCUT2D eigenvalue weighted by atomic mass is 9.96. The molecule has 2 aromatic carbocycles. The van der Waals surface area contributed by atoms with Crippen LogP contribution in [0.3, 0.4) is 0 Å². The Morgan fingerprint density at radius 1 is 1.09 bits per heavy atom. The summed E-state index contributed by atoms with van der Waals surface area (Å²) < 4.78 is 9.07. The van der Waals surface area contributed by atoms with Crippen LogP contribution in [0.15, 0.2) is 66.0 Å². The summed E-state index contributed by atoms with van der Waals surface area (Å²) in [6, 6.07) is 21.2. The first-order chi connectivity index (χ1) is 16.1. The number of nitrogens with one attached hydrogen (secondary N) is 1. The summed E-state index contributed by atoms with van der Waals surface area (Å²) in [6.45, 7) is 3.04. The topological polar surface area (TPSA) is 46.3 Å². The number of rotatable bonds is 7. The van der Waals surface area contributed by atoms with Gasteiger partial charge in [0.1, 0.15) is 18.1 Å². The molecule has 0 saturated carbocycles. The zero-order valence-corrected chi connectivity index (χ0v) is 19.5. The van der Waals surface area contributed by atoms with E-state index >= 15 is 0 Å². The Morgan fingerprint density at radius 2 is 1.97 bits per heavy atom. The van der Waals surface area contributed by atoms with Crippen LogP contribution in [0.2, 0.25) is 0 Å². The molecular weight excluding hydrogens is 430 g/mol. The second kappa shape index (κ2) is 8.36. The highest BCUT2D eigenvalue weighted by atomic mass is 32.1. The van der Waals surface area contributed by atoms with Gasteiger partial charge in [0.05, 0.1) is 10.2 Å². The summed E-state index contributed by atoms with van der Waals surface area (Å²) >= 11 is 1.64. The molecule has 0 spiro atoms. The van der Waals surface area contributed by atoms with Crippen molar-refractivity contribution in [2.45, 2.75) is 25.5 Å². The number of nitrogens with zero attached hydrogens (tertiary/aromatic N) is 2. The second-order valence-corrected chi connectivity index (χ2v) is 10.2. The Labute approximate surface area is 197 Å². The molecule has 4 aromatic rings. The number of carbonyl (C=O) groups excluding carboxylic acids is 1. The van der Waals surface area contributed by atoms with Gasteiger partial charge in [0.15, 0.2) is 0 Å². The number of aromatic nitrogens is 1. The lowest BCUT2D eigenvalue weighted by Gasteiger charge is -2.12. The number of carbonyl (C=O) groups is 1. The van der Waals surface area contributed by atoms with E-state index in [2.05, 4.69) is 34.5 Å². The Hall–Kier alpha value is -3.09. The van der Waals surface area contributed by atoms with E-state index in [1.807, 2.05) is 53.4 Å². The van der Waals surface area contributed by atoms with Gasteiger partial charge in [0, 0.05) is 31.9 Å². The van der Waals surface area contributed by atoms with Crippen molar-refractivity contribution in [2.75, 3.05) is 18.4 Å². The number of thiophene rings is 1. The van der Waals surface area contributed by atoms with Crippen LogP contribution in [0.4, 0.5) is 5.69 Å². The molecule has 3 atom stereocenters. The minimum atomic E-state index is -0.106. The number of hydrogen-bond acceptors (Lipinski definition) is 4. The average Bonchev–Trinajstić information content (AvgIpc) is 3.15. The van der Waals surface area contributed by atoms with Gasteiger partial charge in [-0.2, -0.15) is 0 Å². The molecule has 33 heavy (non-hydrogen) atoms. The van der Waals surface area contributed by atoms with Crippen molar-refractivity contribution in [3.8, 4) is 5.75 Å². The molecular formula is C27H27N3O2S. The van der Waals surface area contributed by atoms with Gasteiger partial charge in [-0.15, -0.1) is 11.3 Å². The van der Waals surface area contributed by atoms with Crippen LogP contribution >= 0.6 is 11.3 Å². The molecule has 1 N–H and O–H groups in total. The van der Waals surface area contributed by atoms with Crippen LogP contribution < -0.4 is 10.1 Å². The molecule has 0 bridgehead atoms. The third-order valence-corrected chi connectivity index (χ3v) is 7.71. The van der Waals surface area contributed by atoms with E-state index < -0.39 is 0 Å². The number of amides is 1. The van der Waals surface area contributed by atoms with E-state index in [-0.39, 0.29) is 5.91 Å². The predicted molar refractivity (Wildman–Crippen MR) is 133 cm³/mol. The molecule has 2 fully saturated rings. The van der Waals surface area contributed by atoms with Crippen molar-refractivity contribution in [1.29, 1.82) is 0 Å². The fourth-order valence-electron chi connectivity index (χ4n) is 5.03. The fraction of sp³-hybridized carbons (Fsp3) is 0.296. The van der Waals surface area contributed by atoms with Crippen LogP contribution in [0.25, 0.3) is 10.2 Å². The first kappa shape index (κ1) is 20.5. The Balaban J connectivity index is 1.05. The lowest BCUT2D eigenvalue weighted by molar-refractivity contribution is 0.101. The maximum atomic E-state index is 12.8. The average molecular weight is 458 g/mol. The van der Waals surface area contributed by atoms with E-state index in [4.69, 9.17) is 4.74 Å². The van der Waals surface area contributed by atoms with Crippen molar-refractivity contribution in [3.63, 3.8) is 0 Å². The Kier molecular flexibility index (Phi) is 5.19. The van der Waals surface area contributed by atoms with Crippen molar-refractivity contribution < 1.29 is 9.53 Å². The zero-order chi connectivity index (χ0) is 22.4. The summed E-state index contributed by atoms with van der Waals surface area (Å²) in [5.41, 5.74) is 4.91. The van der Waals surface area contributed by atoms with Gasteiger partial charge in [-0.05, 0) is 71.7 Å². The van der Waals surface area contributed by atoms with Crippen molar-refractivity contribution in [3.05, 3.63) is 82.9 Å². The van der Waals surface area contributed by atoms with Crippen LogP contribution in [0.5, 0.6) is 5.75 Å². The van der Waals surface area contributed by atoms with Gasteiger partial charge in [0.25, 0.3) is 5.91 Å². The van der Waals surface area contributed by atoms with E-state index in [1.165, 1.54) is 25.1 Å². The van der Waals surface area contributed by atoms with Gasteiger partial charge < -0.3 is 14.6 Å². The SMILES string of the molecule is Cn1c(C(=O)Nc2cccc(COc3ccc(CC4CC5CN5C4)cc3)c2)cc2sccc21. The lowest BCUT2D eigenvalue weighted by Crippen LogP contribution is -2.15. The molecule has 2 saturated heterocycles. The number of aryl methyl sites for hydroxylation is 1. The summed E-state index contributed by atoms with van der Waals surface area (Å²) in [5.74, 6) is 1.57. The molecule has 0 radical (unpaired) electrons. The number of fused-ring (bicyclic) bond motifs is 2. The molecule has 5 nitrogen and oxygen atoms in total. The van der Waals surface area contributed by atoms with Gasteiger partial charge in [-0.1, -0.05) is 24.3 Å². The predicted octanol–water partition coefficient (Wildman–Crippen LogP) is 5.32. The second-order valence-electron chi connectivity index (χ2n) is 9.26. The molecule has 6 heteroatoms. The first-order valence-corrected chi connectivity index (χ1v) is 12.4. The van der Waals surface area contributed by atoms with Crippen LogP contribution in [-0.4, -0.2) is 34.5 Å². The van der Waals surface area contributed by atoms with E-state index in [0.717, 1.165) is 45.6 Å². The highest BCUT2D eigenvalue weighted by Crippen LogP contribution is 2.35. The van der Waals surface area contributed by atoms with Gasteiger partial charge >= 0.3 is 0 Å². The van der Waals surface area contributed by atoms with Crippen molar-refractivity contribution in [2.24, 2.45) is 13.0 Å². The molecule has 4 heterocycles. The number of hydrogen-bond donors (Lipinski definition) is 1. The summed E-state index contributed by atoms with van der Waals surface area (Å²) in [7, 11) is 1.92. The largest absolute Gasteiger partial charge is 0.489 e. The minimum Gasteiger partial charge on any atom is -0.489 e. The fourth-order valence-corrected chi connectivity index (χ4v) is 5.88. The number of benzene rings is 2. The Morgan fingerprint density at radius 3 is 2.76 bits per heavy atom. The van der Waals surface area contributed by atoms with Gasteiger partial charge in [-0.3, -0.25) is 9.69 Å². The van der Waals surface area contributed by atoms with Crippen molar-refractivity contribution >= 4 is 33.1 Å². The first-order valence-electron chi connectivity index (χ1n) is 11.5.